The molecule has 0 unspecified atom stereocenters. The van der Waals surface area contributed by atoms with Crippen molar-refractivity contribution in [2.75, 3.05) is 0 Å². The van der Waals surface area contributed by atoms with Crippen LogP contribution < -0.4 is 10.6 Å². The number of benzene rings is 2. The molecule has 2 rings (SSSR count). The molecule has 0 radical (unpaired) electrons. The highest BCUT2D eigenvalue weighted by molar-refractivity contribution is 5.79. The standard InChI is InChI=1S/C27H38N2O4/c1-19(2)22(25(31)28-18-21-14-10-7-11-15-21)17-24(30)23(16-20-12-8-6-9-13-20)29-26(32)33-27(3,4)5/h6-15,19,22-24,30H,16-18H2,1-5H3,(H,28,31)(H,29,32)/t22-,23+,24+/m1/s1. The zero-order chi connectivity index (χ0) is 24.4. The number of alkyl carbamates (subject to hydrolysis) is 1. The second-order valence-corrected chi connectivity index (χ2v) is 9.80. The SMILES string of the molecule is CC(C)[C@@H](C[C@H](O)[C@H](Cc1ccccc1)NC(=O)OC(C)(C)C)C(=O)NCc1ccccc1. The molecule has 3 atom stereocenters. The Kier molecular flexibility index (Phi) is 9.92. The fourth-order valence-corrected chi connectivity index (χ4v) is 3.63. The fraction of sp³-hybridized carbons (Fsp3) is 0.481. The number of aliphatic hydroxyl groups excluding tert-OH is 1. The van der Waals surface area contributed by atoms with Gasteiger partial charge in [0.2, 0.25) is 5.91 Å². The molecule has 0 aliphatic carbocycles. The number of aliphatic hydroxyl groups is 1. The quantitative estimate of drug-likeness (QED) is 0.495. The van der Waals surface area contributed by atoms with Crippen molar-refractivity contribution in [1.29, 1.82) is 0 Å². The highest BCUT2D eigenvalue weighted by Crippen LogP contribution is 2.21. The average molecular weight is 455 g/mol. The molecule has 2 amide bonds. The van der Waals surface area contributed by atoms with E-state index in [1.807, 2.05) is 74.5 Å². The first-order valence-corrected chi connectivity index (χ1v) is 11.6. The van der Waals surface area contributed by atoms with Gasteiger partial charge in [-0.15, -0.1) is 0 Å². The molecule has 2 aromatic rings. The molecular weight excluding hydrogens is 416 g/mol. The first-order valence-electron chi connectivity index (χ1n) is 11.6. The molecule has 6 nitrogen and oxygen atoms in total. The molecule has 0 aliphatic heterocycles. The smallest absolute Gasteiger partial charge is 0.407 e. The summed E-state index contributed by atoms with van der Waals surface area (Å²) < 4.78 is 5.40. The maximum Gasteiger partial charge on any atom is 0.407 e. The molecule has 180 valence electrons. The predicted octanol–water partition coefficient (Wildman–Crippen LogP) is 4.46. The van der Waals surface area contributed by atoms with E-state index in [0.29, 0.717) is 13.0 Å². The number of hydrogen-bond acceptors (Lipinski definition) is 4. The molecule has 0 aromatic heterocycles. The first-order chi connectivity index (χ1) is 15.5. The molecule has 2 aromatic carbocycles. The van der Waals surface area contributed by atoms with Gasteiger partial charge in [-0.2, -0.15) is 0 Å². The summed E-state index contributed by atoms with van der Waals surface area (Å²) in [7, 11) is 0. The molecule has 0 saturated heterocycles. The highest BCUT2D eigenvalue weighted by Gasteiger charge is 2.31. The normalized spacial score (nSPS) is 14.3. The zero-order valence-corrected chi connectivity index (χ0v) is 20.4. The summed E-state index contributed by atoms with van der Waals surface area (Å²) in [6, 6.07) is 18.8. The molecule has 0 aliphatic rings. The van der Waals surface area contributed by atoms with E-state index in [1.54, 1.807) is 20.8 Å². The Morgan fingerprint density at radius 2 is 1.48 bits per heavy atom. The van der Waals surface area contributed by atoms with Crippen molar-refractivity contribution in [2.45, 2.75) is 71.8 Å². The maximum atomic E-state index is 13.0. The largest absolute Gasteiger partial charge is 0.444 e. The van der Waals surface area contributed by atoms with Crippen LogP contribution >= 0.6 is 0 Å². The molecule has 0 heterocycles. The summed E-state index contributed by atoms with van der Waals surface area (Å²) in [5.74, 6) is -0.486. The third-order valence-corrected chi connectivity index (χ3v) is 5.41. The minimum absolute atomic E-state index is 0.0225. The summed E-state index contributed by atoms with van der Waals surface area (Å²) in [5, 5.41) is 16.9. The molecular formula is C27H38N2O4. The van der Waals surface area contributed by atoms with E-state index in [0.717, 1.165) is 11.1 Å². The molecule has 0 saturated carbocycles. The van der Waals surface area contributed by atoms with Gasteiger partial charge in [-0.1, -0.05) is 74.5 Å². The van der Waals surface area contributed by atoms with E-state index in [-0.39, 0.29) is 18.2 Å². The Morgan fingerprint density at radius 3 is 2.00 bits per heavy atom. The van der Waals surface area contributed by atoms with Gasteiger partial charge in [0.25, 0.3) is 0 Å². The molecule has 3 N–H and O–H groups in total. The Balaban J connectivity index is 2.09. The lowest BCUT2D eigenvalue weighted by Gasteiger charge is -2.30. The van der Waals surface area contributed by atoms with Crippen molar-refractivity contribution in [3.63, 3.8) is 0 Å². The average Bonchev–Trinajstić information content (AvgIpc) is 2.75. The van der Waals surface area contributed by atoms with Gasteiger partial charge < -0.3 is 20.5 Å². The fourth-order valence-electron chi connectivity index (χ4n) is 3.63. The lowest BCUT2D eigenvalue weighted by Crippen LogP contribution is -2.48. The molecule has 0 bridgehead atoms. The Morgan fingerprint density at radius 1 is 0.939 bits per heavy atom. The molecule has 0 spiro atoms. The van der Waals surface area contributed by atoms with Crippen molar-refractivity contribution in [1.82, 2.24) is 10.6 Å². The van der Waals surface area contributed by atoms with Gasteiger partial charge in [-0.3, -0.25) is 4.79 Å². The van der Waals surface area contributed by atoms with E-state index in [4.69, 9.17) is 4.74 Å². The van der Waals surface area contributed by atoms with Crippen LogP contribution in [-0.4, -0.2) is 34.9 Å². The van der Waals surface area contributed by atoms with Crippen molar-refractivity contribution < 1.29 is 19.4 Å². The van der Waals surface area contributed by atoms with Crippen LogP contribution in [0.2, 0.25) is 0 Å². The summed E-state index contributed by atoms with van der Waals surface area (Å²) in [6.07, 6.45) is -0.853. The van der Waals surface area contributed by atoms with Crippen LogP contribution in [0.15, 0.2) is 60.7 Å². The number of hydrogen-bond donors (Lipinski definition) is 3. The van der Waals surface area contributed by atoms with Crippen LogP contribution in [0.4, 0.5) is 4.79 Å². The Hall–Kier alpha value is -2.86. The second-order valence-electron chi connectivity index (χ2n) is 9.80. The summed E-state index contributed by atoms with van der Waals surface area (Å²) in [5.41, 5.74) is 1.35. The molecule has 6 heteroatoms. The number of amides is 2. The van der Waals surface area contributed by atoms with E-state index in [9.17, 15) is 14.7 Å². The van der Waals surface area contributed by atoms with E-state index < -0.39 is 29.8 Å². The third-order valence-electron chi connectivity index (χ3n) is 5.41. The molecule has 0 fully saturated rings. The van der Waals surface area contributed by atoms with Gasteiger partial charge in [-0.05, 0) is 50.7 Å². The number of rotatable bonds is 10. The van der Waals surface area contributed by atoms with Gasteiger partial charge >= 0.3 is 6.09 Å². The monoisotopic (exact) mass is 454 g/mol. The number of carbonyl (C=O) groups is 2. The van der Waals surface area contributed by atoms with Crippen molar-refractivity contribution >= 4 is 12.0 Å². The minimum Gasteiger partial charge on any atom is -0.444 e. The van der Waals surface area contributed by atoms with E-state index in [1.165, 1.54) is 0 Å². The van der Waals surface area contributed by atoms with Gasteiger partial charge in [0.05, 0.1) is 12.1 Å². The van der Waals surface area contributed by atoms with E-state index >= 15 is 0 Å². The van der Waals surface area contributed by atoms with Crippen LogP contribution in [0, 0.1) is 11.8 Å². The first kappa shape index (κ1) is 26.4. The van der Waals surface area contributed by atoms with Gasteiger partial charge in [0.1, 0.15) is 5.60 Å². The molecule has 33 heavy (non-hydrogen) atoms. The summed E-state index contributed by atoms with van der Waals surface area (Å²) >= 11 is 0. The topological polar surface area (TPSA) is 87.7 Å². The summed E-state index contributed by atoms with van der Waals surface area (Å²) in [6.45, 7) is 9.74. The van der Waals surface area contributed by atoms with Crippen molar-refractivity contribution in [3.05, 3.63) is 71.8 Å². The van der Waals surface area contributed by atoms with E-state index in [2.05, 4.69) is 10.6 Å². The maximum absolute atomic E-state index is 13.0. The Labute approximate surface area is 197 Å². The number of nitrogens with one attached hydrogen (secondary N) is 2. The lowest BCUT2D eigenvalue weighted by atomic mass is 9.86. The van der Waals surface area contributed by atoms with Gasteiger partial charge in [-0.25, -0.2) is 4.79 Å². The van der Waals surface area contributed by atoms with Crippen LogP contribution in [0.3, 0.4) is 0 Å². The zero-order valence-electron chi connectivity index (χ0n) is 20.4. The van der Waals surface area contributed by atoms with Crippen molar-refractivity contribution in [2.24, 2.45) is 11.8 Å². The van der Waals surface area contributed by atoms with Crippen LogP contribution in [0.25, 0.3) is 0 Å². The Bertz CT molecular complexity index is 863. The van der Waals surface area contributed by atoms with Gasteiger partial charge in [0, 0.05) is 12.5 Å². The highest BCUT2D eigenvalue weighted by atomic mass is 16.6. The third kappa shape index (κ3) is 9.66. The van der Waals surface area contributed by atoms with Crippen molar-refractivity contribution in [3.8, 4) is 0 Å². The number of ether oxygens (including phenoxy) is 1. The number of carbonyl (C=O) groups excluding carboxylic acids is 2. The summed E-state index contributed by atoms with van der Waals surface area (Å²) in [4.78, 5) is 25.4. The predicted molar refractivity (Wildman–Crippen MR) is 131 cm³/mol. The van der Waals surface area contributed by atoms with Crippen LogP contribution in [-0.2, 0) is 22.5 Å². The van der Waals surface area contributed by atoms with Gasteiger partial charge in [0.15, 0.2) is 0 Å². The van der Waals surface area contributed by atoms with Crippen LogP contribution in [0.1, 0.15) is 52.2 Å². The lowest BCUT2D eigenvalue weighted by molar-refractivity contribution is -0.127. The minimum atomic E-state index is -0.924. The van der Waals surface area contributed by atoms with Crippen LogP contribution in [0.5, 0.6) is 0 Å². The second kappa shape index (κ2) is 12.4.